The smallest absolute Gasteiger partial charge is 0.00506 e. The second-order valence-corrected chi connectivity index (χ2v) is 3.83. The first kappa shape index (κ1) is 6.62. The maximum Gasteiger partial charge on any atom is 0.00506 e. The van der Waals surface area contributed by atoms with Crippen LogP contribution in [0.15, 0.2) is 0 Å². The van der Waals surface area contributed by atoms with Crippen molar-refractivity contribution in [1.82, 2.24) is 4.90 Å². The van der Waals surface area contributed by atoms with Gasteiger partial charge in [0.15, 0.2) is 0 Å². The molecule has 2 fully saturated rings. The summed E-state index contributed by atoms with van der Waals surface area (Å²) in [6.45, 7) is 4.81. The minimum atomic E-state index is 0.540. The minimum Gasteiger partial charge on any atom is -0.330 e. The standard InChI is InChI=1S/C8H16N2/c9-6-8-2-1-4-10(7-8)5-3-8/h1-7,9H2/t8-/m1/s1. The van der Waals surface area contributed by atoms with Gasteiger partial charge in [0, 0.05) is 6.54 Å². The summed E-state index contributed by atoms with van der Waals surface area (Å²) in [4.78, 5) is 2.55. The molecule has 2 saturated heterocycles. The molecule has 58 valence electrons. The first-order valence-electron chi connectivity index (χ1n) is 4.27. The predicted molar refractivity (Wildman–Crippen MR) is 41.8 cm³/mol. The Morgan fingerprint density at radius 2 is 2.20 bits per heavy atom. The molecule has 0 aromatic rings. The molecule has 2 atom stereocenters. The third kappa shape index (κ3) is 0.867. The molecule has 0 aliphatic carbocycles. The Bertz CT molecular complexity index is 131. The van der Waals surface area contributed by atoms with Crippen molar-refractivity contribution in [2.24, 2.45) is 11.1 Å². The largest absolute Gasteiger partial charge is 0.330 e. The number of piperidine rings is 1. The topological polar surface area (TPSA) is 29.3 Å². The maximum atomic E-state index is 5.75. The van der Waals surface area contributed by atoms with E-state index in [1.54, 1.807) is 0 Å². The van der Waals surface area contributed by atoms with Crippen LogP contribution in [0.5, 0.6) is 0 Å². The molecule has 2 heteroatoms. The van der Waals surface area contributed by atoms with Crippen molar-refractivity contribution in [3.05, 3.63) is 0 Å². The molecule has 2 N–H and O–H groups in total. The Morgan fingerprint density at radius 3 is 2.90 bits per heavy atom. The quantitative estimate of drug-likeness (QED) is 0.572. The van der Waals surface area contributed by atoms with Crippen LogP contribution < -0.4 is 5.73 Å². The molecule has 0 radical (unpaired) electrons. The molecule has 0 amide bonds. The van der Waals surface area contributed by atoms with Gasteiger partial charge in [-0.15, -0.1) is 0 Å². The fraction of sp³-hybridized carbons (Fsp3) is 1.00. The van der Waals surface area contributed by atoms with E-state index in [0.29, 0.717) is 5.41 Å². The van der Waals surface area contributed by atoms with Gasteiger partial charge in [0.2, 0.25) is 0 Å². The first-order chi connectivity index (χ1) is 4.85. The molecule has 0 aromatic carbocycles. The average molecular weight is 140 g/mol. The number of nitrogens with two attached hydrogens (primary N) is 1. The Kier molecular flexibility index (Phi) is 1.46. The third-order valence-electron chi connectivity index (χ3n) is 3.13. The zero-order chi connectivity index (χ0) is 7.03. The Labute approximate surface area is 62.4 Å². The summed E-state index contributed by atoms with van der Waals surface area (Å²) in [6, 6.07) is 0. The van der Waals surface area contributed by atoms with Crippen molar-refractivity contribution in [1.29, 1.82) is 0 Å². The van der Waals surface area contributed by atoms with Crippen LogP contribution in [0.2, 0.25) is 0 Å². The van der Waals surface area contributed by atoms with Crippen molar-refractivity contribution < 1.29 is 0 Å². The van der Waals surface area contributed by atoms with E-state index >= 15 is 0 Å². The molecular formula is C8H16N2. The van der Waals surface area contributed by atoms with E-state index in [1.807, 2.05) is 0 Å². The highest BCUT2D eigenvalue weighted by atomic mass is 15.2. The fourth-order valence-corrected chi connectivity index (χ4v) is 2.37. The average Bonchev–Trinajstić information content (AvgIpc) is 2.29. The fourth-order valence-electron chi connectivity index (χ4n) is 2.37. The molecule has 2 aliphatic heterocycles. The van der Waals surface area contributed by atoms with E-state index in [2.05, 4.69) is 4.90 Å². The highest BCUT2D eigenvalue weighted by Gasteiger charge is 2.39. The number of nitrogens with zero attached hydrogens (tertiary/aromatic N) is 1. The number of hydrogen-bond donors (Lipinski definition) is 1. The lowest BCUT2D eigenvalue weighted by Gasteiger charge is -2.32. The molecule has 1 unspecified atom stereocenters. The molecule has 2 bridgehead atoms. The highest BCUT2D eigenvalue weighted by Crippen LogP contribution is 2.37. The van der Waals surface area contributed by atoms with E-state index in [1.165, 1.54) is 38.9 Å². The normalized spacial score (nSPS) is 45.9. The summed E-state index contributed by atoms with van der Waals surface area (Å²) in [7, 11) is 0. The highest BCUT2D eigenvalue weighted by molar-refractivity contribution is 4.93. The summed E-state index contributed by atoms with van der Waals surface area (Å²) >= 11 is 0. The van der Waals surface area contributed by atoms with Crippen LogP contribution >= 0.6 is 0 Å². The summed E-state index contributed by atoms with van der Waals surface area (Å²) in [6.07, 6.45) is 4.10. The van der Waals surface area contributed by atoms with Gasteiger partial charge in [-0.05, 0) is 44.3 Å². The van der Waals surface area contributed by atoms with Crippen LogP contribution in [-0.4, -0.2) is 31.1 Å². The molecule has 10 heavy (non-hydrogen) atoms. The van der Waals surface area contributed by atoms with Gasteiger partial charge in [-0.2, -0.15) is 0 Å². The van der Waals surface area contributed by atoms with Gasteiger partial charge in [0.25, 0.3) is 0 Å². The van der Waals surface area contributed by atoms with Gasteiger partial charge < -0.3 is 10.6 Å². The molecule has 2 heterocycles. The number of rotatable bonds is 1. The molecule has 0 spiro atoms. The van der Waals surface area contributed by atoms with E-state index in [4.69, 9.17) is 5.73 Å². The van der Waals surface area contributed by atoms with Crippen LogP contribution in [0, 0.1) is 5.41 Å². The van der Waals surface area contributed by atoms with Gasteiger partial charge in [-0.1, -0.05) is 0 Å². The van der Waals surface area contributed by atoms with Gasteiger partial charge in [0.05, 0.1) is 0 Å². The summed E-state index contributed by atoms with van der Waals surface area (Å²) < 4.78 is 0. The molecule has 2 rings (SSSR count). The van der Waals surface area contributed by atoms with E-state index in [-0.39, 0.29) is 0 Å². The predicted octanol–water partition coefficient (Wildman–Crippen LogP) is 0.431. The van der Waals surface area contributed by atoms with Crippen LogP contribution in [0.25, 0.3) is 0 Å². The van der Waals surface area contributed by atoms with Crippen LogP contribution in [0.1, 0.15) is 19.3 Å². The zero-order valence-electron chi connectivity index (χ0n) is 6.47. The second kappa shape index (κ2) is 2.21. The summed E-state index contributed by atoms with van der Waals surface area (Å²) in [5.74, 6) is 0. The Morgan fingerprint density at radius 1 is 1.30 bits per heavy atom. The lowest BCUT2D eigenvalue weighted by molar-refractivity contribution is 0.189. The van der Waals surface area contributed by atoms with Crippen molar-refractivity contribution in [3.63, 3.8) is 0 Å². The first-order valence-corrected chi connectivity index (χ1v) is 4.27. The van der Waals surface area contributed by atoms with E-state index in [9.17, 15) is 0 Å². The van der Waals surface area contributed by atoms with Crippen molar-refractivity contribution >= 4 is 0 Å². The number of fused-ring (bicyclic) bond motifs is 2. The second-order valence-electron chi connectivity index (χ2n) is 3.83. The molecule has 2 nitrogen and oxygen atoms in total. The zero-order valence-corrected chi connectivity index (χ0v) is 6.47. The van der Waals surface area contributed by atoms with Crippen LogP contribution in [-0.2, 0) is 0 Å². The lowest BCUT2D eigenvalue weighted by atomic mass is 9.81. The Balaban J connectivity index is 2.10. The maximum absolute atomic E-state index is 5.75. The molecule has 2 aliphatic rings. The van der Waals surface area contributed by atoms with Gasteiger partial charge in [-0.25, -0.2) is 0 Å². The summed E-state index contributed by atoms with van der Waals surface area (Å²) in [5, 5.41) is 0. The number of hydrogen-bond acceptors (Lipinski definition) is 2. The van der Waals surface area contributed by atoms with Gasteiger partial charge in [0.1, 0.15) is 0 Å². The minimum absolute atomic E-state index is 0.540. The summed E-state index contributed by atoms with van der Waals surface area (Å²) in [5.41, 5.74) is 6.29. The molecule has 0 saturated carbocycles. The monoisotopic (exact) mass is 140 g/mol. The van der Waals surface area contributed by atoms with E-state index in [0.717, 1.165) is 6.54 Å². The van der Waals surface area contributed by atoms with E-state index < -0.39 is 0 Å². The SMILES string of the molecule is NC[C@@]12CCCN(CC1)C2. The van der Waals surface area contributed by atoms with Crippen LogP contribution in [0.4, 0.5) is 0 Å². The molecular weight excluding hydrogens is 124 g/mol. The van der Waals surface area contributed by atoms with Gasteiger partial charge >= 0.3 is 0 Å². The Hall–Kier alpha value is -0.0800. The van der Waals surface area contributed by atoms with Crippen molar-refractivity contribution in [3.8, 4) is 0 Å². The van der Waals surface area contributed by atoms with Crippen LogP contribution in [0.3, 0.4) is 0 Å². The lowest BCUT2D eigenvalue weighted by Crippen LogP contribution is -2.38. The third-order valence-corrected chi connectivity index (χ3v) is 3.13. The molecule has 0 aromatic heterocycles. The van der Waals surface area contributed by atoms with Crippen molar-refractivity contribution in [2.45, 2.75) is 19.3 Å². The van der Waals surface area contributed by atoms with Gasteiger partial charge in [-0.3, -0.25) is 0 Å². The van der Waals surface area contributed by atoms with Crippen molar-refractivity contribution in [2.75, 3.05) is 26.2 Å².